The predicted molar refractivity (Wildman–Crippen MR) is 83.1 cm³/mol. The minimum absolute atomic E-state index is 0.308. The molecule has 20 heavy (non-hydrogen) atoms. The Balaban J connectivity index is 1.90. The molecule has 4 heteroatoms. The van der Waals surface area contributed by atoms with Crippen LogP contribution in [0.15, 0.2) is 36.4 Å². The van der Waals surface area contributed by atoms with E-state index in [1.807, 2.05) is 19.1 Å². The maximum absolute atomic E-state index is 5.92. The average Bonchev–Trinajstić information content (AvgIpc) is 2.65. The van der Waals surface area contributed by atoms with E-state index in [1.54, 1.807) is 0 Å². The number of anilines is 1. The summed E-state index contributed by atoms with van der Waals surface area (Å²) in [5, 5.41) is 7.62. The Morgan fingerprint density at radius 2 is 2.10 bits per heavy atom. The van der Waals surface area contributed by atoms with E-state index in [0.29, 0.717) is 11.2 Å². The summed E-state index contributed by atoms with van der Waals surface area (Å²) in [6, 6.07) is 12.7. The van der Waals surface area contributed by atoms with Gasteiger partial charge in [0.05, 0.1) is 17.4 Å². The van der Waals surface area contributed by atoms with Crippen LogP contribution in [0.3, 0.4) is 0 Å². The fourth-order valence-corrected chi connectivity index (χ4v) is 2.87. The maximum atomic E-state index is 5.92. The third-order valence-corrected chi connectivity index (χ3v) is 3.95. The van der Waals surface area contributed by atoms with Crippen LogP contribution in [-0.4, -0.2) is 11.5 Å². The van der Waals surface area contributed by atoms with E-state index in [-0.39, 0.29) is 0 Å². The summed E-state index contributed by atoms with van der Waals surface area (Å²) in [5.41, 5.74) is 4.72. The summed E-state index contributed by atoms with van der Waals surface area (Å²) in [6.07, 6.45) is 1.05. The first-order chi connectivity index (χ1) is 9.74. The van der Waals surface area contributed by atoms with Gasteiger partial charge in [0.2, 0.25) is 0 Å². The summed E-state index contributed by atoms with van der Waals surface area (Å²) in [6.45, 7) is 3.92. The van der Waals surface area contributed by atoms with Crippen molar-refractivity contribution >= 4 is 17.3 Å². The number of nitrogens with zero attached hydrogens (tertiary/aromatic N) is 1. The van der Waals surface area contributed by atoms with Crippen molar-refractivity contribution in [1.82, 2.24) is 10.3 Å². The number of halogens is 1. The Morgan fingerprint density at radius 1 is 1.25 bits per heavy atom. The third kappa shape index (κ3) is 2.79. The molecule has 1 aromatic heterocycles. The summed E-state index contributed by atoms with van der Waals surface area (Å²) < 4.78 is 0. The van der Waals surface area contributed by atoms with Crippen molar-refractivity contribution in [3.63, 3.8) is 0 Å². The molecular formula is C16H18ClN3. The minimum Gasteiger partial charge on any atom is -0.377 e. The maximum Gasteiger partial charge on any atom is 0.129 e. The van der Waals surface area contributed by atoms with Gasteiger partial charge >= 0.3 is 0 Å². The molecule has 0 saturated heterocycles. The molecule has 1 aliphatic heterocycles. The van der Waals surface area contributed by atoms with E-state index in [2.05, 4.69) is 39.9 Å². The van der Waals surface area contributed by atoms with Crippen LogP contribution in [0.5, 0.6) is 0 Å². The number of aromatic nitrogens is 1. The zero-order valence-corrected chi connectivity index (χ0v) is 12.2. The van der Waals surface area contributed by atoms with Gasteiger partial charge in [0.25, 0.3) is 0 Å². The minimum atomic E-state index is 0.308. The van der Waals surface area contributed by atoms with Gasteiger partial charge in [-0.15, -0.1) is 0 Å². The number of pyridine rings is 1. The van der Waals surface area contributed by atoms with Gasteiger partial charge in [-0.2, -0.15) is 0 Å². The Bertz CT molecular complexity index is 612. The second-order valence-electron chi connectivity index (χ2n) is 5.13. The van der Waals surface area contributed by atoms with Gasteiger partial charge in [-0.1, -0.05) is 35.9 Å². The molecule has 1 aromatic carbocycles. The SMILES string of the molecule is Cc1nc(Cl)ccc1NC1CCNCc2ccccc21. The van der Waals surface area contributed by atoms with Gasteiger partial charge in [-0.05, 0) is 43.1 Å². The van der Waals surface area contributed by atoms with Crippen LogP contribution in [0, 0.1) is 6.92 Å². The molecule has 1 unspecified atom stereocenters. The summed E-state index contributed by atoms with van der Waals surface area (Å²) >= 11 is 5.92. The lowest BCUT2D eigenvalue weighted by atomic mass is 9.99. The van der Waals surface area contributed by atoms with Gasteiger partial charge in [-0.3, -0.25) is 0 Å². The quantitative estimate of drug-likeness (QED) is 0.827. The molecule has 104 valence electrons. The largest absolute Gasteiger partial charge is 0.377 e. The van der Waals surface area contributed by atoms with E-state index >= 15 is 0 Å². The lowest BCUT2D eigenvalue weighted by Gasteiger charge is -2.21. The number of benzene rings is 1. The Labute approximate surface area is 124 Å². The van der Waals surface area contributed by atoms with E-state index < -0.39 is 0 Å². The first-order valence-electron chi connectivity index (χ1n) is 6.92. The fourth-order valence-electron chi connectivity index (χ4n) is 2.68. The molecule has 2 aromatic rings. The molecule has 0 aliphatic carbocycles. The lowest BCUT2D eigenvalue weighted by molar-refractivity contribution is 0.636. The lowest BCUT2D eigenvalue weighted by Crippen LogP contribution is -2.15. The number of nitrogens with one attached hydrogen (secondary N) is 2. The van der Waals surface area contributed by atoms with Gasteiger partial charge in [-0.25, -0.2) is 4.98 Å². The normalized spacial score (nSPS) is 18.2. The summed E-state index contributed by atoms with van der Waals surface area (Å²) in [7, 11) is 0. The number of hydrogen-bond acceptors (Lipinski definition) is 3. The van der Waals surface area contributed by atoms with Crippen LogP contribution in [0.2, 0.25) is 5.15 Å². The number of fused-ring (bicyclic) bond motifs is 1. The first kappa shape index (κ1) is 13.4. The van der Waals surface area contributed by atoms with Crippen molar-refractivity contribution in [2.45, 2.75) is 25.9 Å². The topological polar surface area (TPSA) is 37.0 Å². The van der Waals surface area contributed by atoms with Crippen LogP contribution >= 0.6 is 11.6 Å². The Kier molecular flexibility index (Phi) is 3.90. The van der Waals surface area contributed by atoms with Crippen molar-refractivity contribution in [1.29, 1.82) is 0 Å². The molecular weight excluding hydrogens is 270 g/mol. The smallest absolute Gasteiger partial charge is 0.129 e. The molecule has 0 fully saturated rings. The van der Waals surface area contributed by atoms with Crippen molar-refractivity contribution in [2.24, 2.45) is 0 Å². The number of hydrogen-bond donors (Lipinski definition) is 2. The average molecular weight is 288 g/mol. The molecule has 3 rings (SSSR count). The molecule has 3 nitrogen and oxygen atoms in total. The second kappa shape index (κ2) is 5.81. The molecule has 0 radical (unpaired) electrons. The van der Waals surface area contributed by atoms with Gasteiger partial charge < -0.3 is 10.6 Å². The van der Waals surface area contributed by atoms with Crippen LogP contribution in [0.4, 0.5) is 5.69 Å². The van der Waals surface area contributed by atoms with E-state index in [9.17, 15) is 0 Å². The Morgan fingerprint density at radius 3 is 2.95 bits per heavy atom. The molecule has 1 aliphatic rings. The standard InChI is InChI=1S/C16H18ClN3/c1-11-14(6-7-16(17)19-11)20-15-8-9-18-10-12-4-2-3-5-13(12)15/h2-7,15,18,20H,8-10H2,1H3. The van der Waals surface area contributed by atoms with E-state index in [4.69, 9.17) is 11.6 Å². The number of aryl methyl sites for hydroxylation is 1. The van der Waals surface area contributed by atoms with E-state index in [1.165, 1.54) is 11.1 Å². The molecule has 0 saturated carbocycles. The molecule has 0 amide bonds. The van der Waals surface area contributed by atoms with Crippen molar-refractivity contribution < 1.29 is 0 Å². The molecule has 1 atom stereocenters. The van der Waals surface area contributed by atoms with Crippen LogP contribution < -0.4 is 10.6 Å². The van der Waals surface area contributed by atoms with E-state index in [0.717, 1.165) is 30.9 Å². The van der Waals surface area contributed by atoms with Gasteiger partial charge in [0, 0.05) is 6.54 Å². The highest BCUT2D eigenvalue weighted by Crippen LogP contribution is 2.28. The summed E-state index contributed by atoms with van der Waals surface area (Å²) in [5.74, 6) is 0. The van der Waals surface area contributed by atoms with Crippen LogP contribution in [0.25, 0.3) is 0 Å². The van der Waals surface area contributed by atoms with Crippen LogP contribution in [0.1, 0.15) is 29.3 Å². The molecule has 2 N–H and O–H groups in total. The molecule has 0 bridgehead atoms. The Hall–Kier alpha value is -1.58. The van der Waals surface area contributed by atoms with Crippen molar-refractivity contribution in [3.8, 4) is 0 Å². The van der Waals surface area contributed by atoms with Crippen molar-refractivity contribution in [2.75, 3.05) is 11.9 Å². The first-order valence-corrected chi connectivity index (χ1v) is 7.30. The second-order valence-corrected chi connectivity index (χ2v) is 5.52. The zero-order valence-electron chi connectivity index (χ0n) is 11.5. The molecule has 2 heterocycles. The predicted octanol–water partition coefficient (Wildman–Crippen LogP) is 3.69. The monoisotopic (exact) mass is 287 g/mol. The van der Waals surface area contributed by atoms with Gasteiger partial charge in [0.15, 0.2) is 0 Å². The van der Waals surface area contributed by atoms with Crippen LogP contribution in [-0.2, 0) is 6.54 Å². The van der Waals surface area contributed by atoms with Crippen molar-refractivity contribution in [3.05, 3.63) is 58.4 Å². The van der Waals surface area contributed by atoms with Gasteiger partial charge in [0.1, 0.15) is 5.15 Å². The zero-order chi connectivity index (χ0) is 13.9. The fraction of sp³-hybridized carbons (Fsp3) is 0.312. The molecule has 0 spiro atoms. The summed E-state index contributed by atoms with van der Waals surface area (Å²) in [4.78, 5) is 4.31. The highest BCUT2D eigenvalue weighted by molar-refractivity contribution is 6.29. The third-order valence-electron chi connectivity index (χ3n) is 3.74. The highest BCUT2D eigenvalue weighted by Gasteiger charge is 2.18. The number of rotatable bonds is 2. The highest BCUT2D eigenvalue weighted by atomic mass is 35.5.